The van der Waals surface area contributed by atoms with Gasteiger partial charge in [0.15, 0.2) is 0 Å². The standard InChI is InChI=1S/C27H32O3Si/c1-27(2,3)31(24-16-9-5-10-17-24,25-18-11-6-12-19-25)30-21-13-20-26(28)29-22-23-14-7-4-8-15-23/h4-12,14-19H,13,20-22H2,1-3H3. The van der Waals surface area contributed by atoms with Crippen molar-refractivity contribution < 1.29 is 14.0 Å². The Morgan fingerprint density at radius 2 is 1.26 bits per heavy atom. The molecule has 0 spiro atoms. The van der Waals surface area contributed by atoms with E-state index in [2.05, 4.69) is 69.3 Å². The maximum atomic E-state index is 12.2. The van der Waals surface area contributed by atoms with Crippen molar-refractivity contribution >= 4 is 24.7 Å². The Hall–Kier alpha value is -2.69. The fourth-order valence-corrected chi connectivity index (χ4v) is 8.62. The summed E-state index contributed by atoms with van der Waals surface area (Å²) in [5.74, 6) is -0.185. The SMILES string of the molecule is CC(C)(C)[Si](OCCCC(=O)OCc1ccccc1)(c1ccccc1)c1ccccc1. The van der Waals surface area contributed by atoms with Crippen LogP contribution in [0.15, 0.2) is 91.0 Å². The van der Waals surface area contributed by atoms with Crippen LogP contribution >= 0.6 is 0 Å². The van der Waals surface area contributed by atoms with Crippen LogP contribution in [-0.4, -0.2) is 20.9 Å². The molecule has 0 atom stereocenters. The Labute approximate surface area is 187 Å². The topological polar surface area (TPSA) is 35.5 Å². The zero-order chi connectivity index (χ0) is 22.2. The molecule has 162 valence electrons. The summed E-state index contributed by atoms with van der Waals surface area (Å²) in [7, 11) is -2.54. The number of ether oxygens (including phenoxy) is 1. The predicted octanol–water partition coefficient (Wildman–Crippen LogP) is 5.09. The van der Waals surface area contributed by atoms with Gasteiger partial charge in [-0.2, -0.15) is 0 Å². The highest BCUT2D eigenvalue weighted by atomic mass is 28.4. The Bertz CT molecular complexity index is 895. The normalized spacial score (nSPS) is 11.8. The second-order valence-electron chi connectivity index (χ2n) is 8.76. The molecule has 3 nitrogen and oxygen atoms in total. The lowest BCUT2D eigenvalue weighted by molar-refractivity contribution is -0.145. The highest BCUT2D eigenvalue weighted by Gasteiger charge is 2.49. The van der Waals surface area contributed by atoms with Gasteiger partial charge in [-0.1, -0.05) is 112 Å². The number of carbonyl (C=O) groups is 1. The summed E-state index contributed by atoms with van der Waals surface area (Å²) < 4.78 is 12.2. The van der Waals surface area contributed by atoms with Crippen molar-refractivity contribution in [2.45, 2.75) is 45.3 Å². The van der Waals surface area contributed by atoms with Crippen molar-refractivity contribution in [3.05, 3.63) is 96.6 Å². The predicted molar refractivity (Wildman–Crippen MR) is 129 cm³/mol. The van der Waals surface area contributed by atoms with Crippen molar-refractivity contribution in [3.63, 3.8) is 0 Å². The van der Waals surface area contributed by atoms with Crippen molar-refractivity contribution in [2.75, 3.05) is 6.61 Å². The van der Waals surface area contributed by atoms with Crippen molar-refractivity contribution in [2.24, 2.45) is 0 Å². The van der Waals surface area contributed by atoms with Crippen molar-refractivity contribution in [3.8, 4) is 0 Å². The van der Waals surface area contributed by atoms with Crippen LogP contribution in [-0.2, 0) is 20.6 Å². The molecule has 0 saturated heterocycles. The van der Waals surface area contributed by atoms with Crippen molar-refractivity contribution in [1.29, 1.82) is 0 Å². The number of esters is 1. The zero-order valence-corrected chi connectivity index (χ0v) is 19.7. The molecule has 0 aliphatic rings. The summed E-state index contributed by atoms with van der Waals surface area (Å²) in [6, 6.07) is 30.9. The van der Waals surface area contributed by atoms with Crippen LogP contribution in [0.5, 0.6) is 0 Å². The van der Waals surface area contributed by atoms with Crippen LogP contribution in [0.3, 0.4) is 0 Å². The van der Waals surface area contributed by atoms with E-state index in [1.807, 2.05) is 42.5 Å². The molecule has 4 heteroatoms. The summed E-state index contributed by atoms with van der Waals surface area (Å²) in [5.41, 5.74) is 0.999. The minimum atomic E-state index is -2.54. The lowest BCUT2D eigenvalue weighted by Gasteiger charge is -2.43. The van der Waals surface area contributed by atoms with Gasteiger partial charge >= 0.3 is 5.97 Å². The van der Waals surface area contributed by atoms with E-state index in [4.69, 9.17) is 9.16 Å². The number of benzene rings is 3. The molecule has 0 N–H and O–H groups in total. The second-order valence-corrected chi connectivity index (χ2v) is 13.1. The van der Waals surface area contributed by atoms with Crippen LogP contribution in [0.1, 0.15) is 39.2 Å². The minimum Gasteiger partial charge on any atom is -0.461 e. The molecule has 0 aliphatic carbocycles. The molecular formula is C27H32O3Si. The van der Waals surface area contributed by atoms with E-state index in [1.165, 1.54) is 10.4 Å². The summed E-state index contributed by atoms with van der Waals surface area (Å²) in [4.78, 5) is 12.2. The first-order valence-corrected chi connectivity index (χ1v) is 12.8. The van der Waals surface area contributed by atoms with Gasteiger partial charge in [0.05, 0.1) is 0 Å². The van der Waals surface area contributed by atoms with Gasteiger partial charge in [0, 0.05) is 13.0 Å². The van der Waals surface area contributed by atoms with Crippen LogP contribution in [0.2, 0.25) is 5.04 Å². The average Bonchev–Trinajstić information content (AvgIpc) is 2.79. The second kappa shape index (κ2) is 10.6. The zero-order valence-electron chi connectivity index (χ0n) is 18.7. The van der Waals surface area contributed by atoms with Gasteiger partial charge in [-0.3, -0.25) is 4.79 Å². The van der Waals surface area contributed by atoms with Crippen LogP contribution in [0, 0.1) is 0 Å². The summed E-state index contributed by atoms with van der Waals surface area (Å²) >= 11 is 0. The molecule has 0 heterocycles. The summed E-state index contributed by atoms with van der Waals surface area (Å²) in [6.07, 6.45) is 0.989. The third-order valence-electron chi connectivity index (χ3n) is 5.50. The summed E-state index contributed by atoms with van der Waals surface area (Å²) in [5, 5.41) is 2.43. The van der Waals surface area contributed by atoms with E-state index >= 15 is 0 Å². The molecule has 0 aliphatic heterocycles. The molecule has 0 saturated carbocycles. The number of hydrogen-bond acceptors (Lipinski definition) is 3. The first kappa shape index (κ1) is 23.0. The van der Waals surface area contributed by atoms with Gasteiger partial charge in [0.2, 0.25) is 0 Å². The number of rotatable bonds is 9. The lowest BCUT2D eigenvalue weighted by Crippen LogP contribution is -2.66. The maximum absolute atomic E-state index is 12.2. The maximum Gasteiger partial charge on any atom is 0.306 e. The van der Waals surface area contributed by atoms with Gasteiger partial charge in [-0.05, 0) is 27.4 Å². The fourth-order valence-electron chi connectivity index (χ4n) is 4.01. The van der Waals surface area contributed by atoms with Crippen LogP contribution < -0.4 is 10.4 Å². The average molecular weight is 433 g/mol. The van der Waals surface area contributed by atoms with E-state index in [0.29, 0.717) is 26.1 Å². The molecular weight excluding hydrogens is 400 g/mol. The van der Waals surface area contributed by atoms with E-state index < -0.39 is 8.32 Å². The number of carbonyl (C=O) groups excluding carboxylic acids is 1. The fraction of sp³-hybridized carbons (Fsp3) is 0.296. The van der Waals surface area contributed by atoms with Gasteiger partial charge in [0.25, 0.3) is 8.32 Å². The molecule has 3 rings (SSSR count). The monoisotopic (exact) mass is 432 g/mol. The van der Waals surface area contributed by atoms with E-state index in [9.17, 15) is 4.79 Å². The van der Waals surface area contributed by atoms with Crippen LogP contribution in [0.25, 0.3) is 0 Å². The number of hydrogen-bond donors (Lipinski definition) is 0. The quantitative estimate of drug-likeness (QED) is 0.268. The van der Waals surface area contributed by atoms with Crippen LogP contribution in [0.4, 0.5) is 0 Å². The third-order valence-corrected chi connectivity index (χ3v) is 10.5. The van der Waals surface area contributed by atoms with Crippen molar-refractivity contribution in [1.82, 2.24) is 0 Å². The molecule has 0 fully saturated rings. The minimum absolute atomic E-state index is 0.0659. The molecule has 31 heavy (non-hydrogen) atoms. The first-order chi connectivity index (χ1) is 14.9. The van der Waals surface area contributed by atoms with Gasteiger partial charge < -0.3 is 9.16 Å². The molecule has 3 aromatic rings. The molecule has 0 amide bonds. The molecule has 0 bridgehead atoms. The Kier molecular flexibility index (Phi) is 7.83. The van der Waals surface area contributed by atoms with Gasteiger partial charge in [0.1, 0.15) is 6.61 Å². The van der Waals surface area contributed by atoms with Gasteiger partial charge in [-0.25, -0.2) is 0 Å². The highest BCUT2D eigenvalue weighted by molar-refractivity contribution is 6.99. The Morgan fingerprint density at radius 3 is 1.74 bits per heavy atom. The van der Waals surface area contributed by atoms with E-state index in [1.54, 1.807) is 0 Å². The lowest BCUT2D eigenvalue weighted by atomic mass is 10.2. The molecule has 3 aromatic carbocycles. The largest absolute Gasteiger partial charge is 0.461 e. The van der Waals surface area contributed by atoms with E-state index in [-0.39, 0.29) is 11.0 Å². The molecule has 0 aromatic heterocycles. The Balaban J connectivity index is 1.69. The molecule has 0 unspecified atom stereocenters. The third kappa shape index (κ3) is 5.72. The summed E-state index contributed by atoms with van der Waals surface area (Å²) in [6.45, 7) is 7.61. The van der Waals surface area contributed by atoms with Gasteiger partial charge in [-0.15, -0.1) is 0 Å². The first-order valence-electron chi connectivity index (χ1n) is 10.9. The Morgan fingerprint density at radius 1 is 0.774 bits per heavy atom. The molecule has 0 radical (unpaired) electrons. The van der Waals surface area contributed by atoms with E-state index in [0.717, 1.165) is 5.56 Å². The smallest absolute Gasteiger partial charge is 0.306 e. The highest BCUT2D eigenvalue weighted by Crippen LogP contribution is 2.36.